The van der Waals surface area contributed by atoms with Gasteiger partial charge >= 0.3 is 5.97 Å². The number of hydrogen-bond donors (Lipinski definition) is 2. The molecular weight excluding hydrogens is 400 g/mol. The summed E-state index contributed by atoms with van der Waals surface area (Å²) in [6.45, 7) is 6.33. The predicted molar refractivity (Wildman–Crippen MR) is 125 cm³/mol. The van der Waals surface area contributed by atoms with Crippen LogP contribution in [0.2, 0.25) is 0 Å². The lowest BCUT2D eigenvalue weighted by Gasteiger charge is -2.13. The molecule has 172 valence electrons. The summed E-state index contributed by atoms with van der Waals surface area (Å²) < 4.78 is 20.7. The van der Waals surface area contributed by atoms with Crippen molar-refractivity contribution in [2.45, 2.75) is 27.2 Å². The molecule has 1 aromatic rings. The normalized spacial score (nSPS) is 12.0. The largest absolute Gasteiger partial charge is 0.497 e. The van der Waals surface area contributed by atoms with Gasteiger partial charge in [-0.25, -0.2) is 14.8 Å². The van der Waals surface area contributed by atoms with Gasteiger partial charge in [0.1, 0.15) is 12.1 Å². The molecule has 0 aliphatic rings. The predicted octanol–water partition coefficient (Wildman–Crippen LogP) is 4.00. The number of hydrogen-bond acceptors (Lipinski definition) is 7. The minimum atomic E-state index is -0.435. The average Bonchev–Trinajstić information content (AvgIpc) is 2.82. The molecule has 9 nitrogen and oxygen atoms in total. The van der Waals surface area contributed by atoms with E-state index in [0.29, 0.717) is 47.2 Å². The maximum Gasteiger partial charge on any atom is 0.337 e. The molecule has 0 spiro atoms. The first kappa shape index (κ1) is 27.5. The number of benzene rings is 1. The Bertz CT molecular complexity index is 801. The van der Waals surface area contributed by atoms with Gasteiger partial charge in [-0.1, -0.05) is 13.8 Å². The summed E-state index contributed by atoms with van der Waals surface area (Å²) in [5.74, 6) is 1.26. The van der Waals surface area contributed by atoms with Crippen LogP contribution in [0.15, 0.2) is 51.5 Å². The van der Waals surface area contributed by atoms with Gasteiger partial charge in [0.15, 0.2) is 11.5 Å². The highest BCUT2D eigenvalue weighted by atomic mass is 16.5. The number of nitrogens with two attached hydrogens (primary N) is 1. The van der Waals surface area contributed by atoms with E-state index in [1.165, 1.54) is 13.4 Å². The molecule has 1 aromatic carbocycles. The van der Waals surface area contributed by atoms with Gasteiger partial charge in [-0.15, -0.1) is 0 Å². The summed E-state index contributed by atoms with van der Waals surface area (Å²) in [6, 6.07) is 4.99. The smallest absolute Gasteiger partial charge is 0.337 e. The summed E-state index contributed by atoms with van der Waals surface area (Å²) in [5, 5.41) is 3.25. The molecule has 0 heterocycles. The van der Waals surface area contributed by atoms with Gasteiger partial charge in [-0.2, -0.15) is 0 Å². The molecule has 3 N–H and O–H groups in total. The van der Waals surface area contributed by atoms with Crippen molar-refractivity contribution >= 4 is 30.0 Å². The number of esters is 1. The topological polar surface area (TPSA) is 117 Å². The van der Waals surface area contributed by atoms with Gasteiger partial charge in [0.05, 0.1) is 51.7 Å². The highest BCUT2D eigenvalue weighted by Crippen LogP contribution is 2.26. The molecule has 0 radical (unpaired) electrons. The molecule has 0 aromatic heterocycles. The number of allylic oxidation sites excluding steroid dienone is 1. The molecule has 9 heteroatoms. The number of carbonyl (C=O) groups excluding carboxylic acids is 1. The van der Waals surface area contributed by atoms with E-state index < -0.39 is 5.97 Å². The number of rotatable bonds is 11. The summed E-state index contributed by atoms with van der Waals surface area (Å²) in [7, 11) is 6.01. The van der Waals surface area contributed by atoms with Crippen molar-refractivity contribution < 1.29 is 23.7 Å². The molecule has 0 aliphatic carbocycles. The number of ether oxygens (including phenoxy) is 4. The van der Waals surface area contributed by atoms with E-state index in [2.05, 4.69) is 15.3 Å². The number of aliphatic imine (C=N–C) groups is 2. The Balaban J connectivity index is 0.00000436. The van der Waals surface area contributed by atoms with E-state index in [9.17, 15) is 4.79 Å². The van der Waals surface area contributed by atoms with Crippen LogP contribution >= 0.6 is 0 Å². The number of methoxy groups -OCH3 is 4. The quantitative estimate of drug-likeness (QED) is 0.135. The fourth-order valence-corrected chi connectivity index (χ4v) is 2.36. The third-order valence-electron chi connectivity index (χ3n) is 3.83. The third kappa shape index (κ3) is 9.24. The van der Waals surface area contributed by atoms with Crippen molar-refractivity contribution in [2.75, 3.05) is 40.3 Å². The Labute approximate surface area is 184 Å². The van der Waals surface area contributed by atoms with Gasteiger partial charge in [0.2, 0.25) is 0 Å². The van der Waals surface area contributed by atoms with E-state index in [1.54, 1.807) is 46.5 Å². The molecule has 0 saturated carbocycles. The van der Waals surface area contributed by atoms with Crippen LogP contribution in [0.5, 0.6) is 0 Å². The van der Waals surface area contributed by atoms with Crippen molar-refractivity contribution in [1.29, 1.82) is 0 Å². The van der Waals surface area contributed by atoms with E-state index in [1.807, 2.05) is 19.9 Å². The standard InChI is InChI=1S/C20H28N4O5.C2H6/c1-14(26-2)19(28-4)18(27-3)7-6-10-23-17-11-15(20(25)29-5)8-9-16(17)24-13-22-12-21;1-2/h7-9,11-13,23H,6,10H2,1-5H3,(H2,21,22,24);1-2H3/b18-7+,19-14-;. The zero-order chi connectivity index (χ0) is 23.6. The molecular formula is C22H34N4O5. The zero-order valence-electron chi connectivity index (χ0n) is 19.4. The van der Waals surface area contributed by atoms with Gasteiger partial charge in [-0.3, -0.25) is 0 Å². The van der Waals surface area contributed by atoms with Crippen molar-refractivity contribution in [1.82, 2.24) is 0 Å². The molecule has 31 heavy (non-hydrogen) atoms. The molecule has 0 unspecified atom stereocenters. The Hall–Kier alpha value is -3.49. The van der Waals surface area contributed by atoms with Crippen LogP contribution in [0.1, 0.15) is 37.6 Å². The molecule has 1 rings (SSSR count). The fourth-order valence-electron chi connectivity index (χ4n) is 2.36. The number of anilines is 1. The number of nitrogens with zero attached hydrogens (tertiary/aromatic N) is 2. The second-order valence-corrected chi connectivity index (χ2v) is 5.55. The fraction of sp³-hybridized carbons (Fsp3) is 0.409. The SMILES string of the molecule is CC.COC(=O)c1ccc(N=CN=CN)c(NCC/C=C(OC)\C(OC)=C(/C)OC)c1. The minimum absolute atomic E-state index is 0.407. The van der Waals surface area contributed by atoms with Gasteiger partial charge < -0.3 is 30.0 Å². The highest BCUT2D eigenvalue weighted by Gasteiger charge is 2.11. The second kappa shape index (κ2) is 16.3. The van der Waals surface area contributed by atoms with Crippen LogP contribution in [0.3, 0.4) is 0 Å². The van der Waals surface area contributed by atoms with Gasteiger partial charge in [-0.05, 0) is 37.6 Å². The Morgan fingerprint density at radius 2 is 1.81 bits per heavy atom. The maximum absolute atomic E-state index is 11.8. The molecule has 0 amide bonds. The lowest BCUT2D eigenvalue weighted by Crippen LogP contribution is -2.06. The van der Waals surface area contributed by atoms with Gasteiger partial charge in [0, 0.05) is 6.54 Å². The average molecular weight is 435 g/mol. The Kier molecular flexibility index (Phi) is 14.5. The summed E-state index contributed by atoms with van der Waals surface area (Å²) in [4.78, 5) is 19.8. The van der Waals surface area contributed by atoms with Crippen LogP contribution in [0.4, 0.5) is 11.4 Å². The van der Waals surface area contributed by atoms with Crippen LogP contribution < -0.4 is 11.1 Å². The summed E-state index contributed by atoms with van der Waals surface area (Å²) >= 11 is 0. The zero-order valence-corrected chi connectivity index (χ0v) is 19.4. The second-order valence-electron chi connectivity index (χ2n) is 5.55. The molecule has 0 fully saturated rings. The van der Waals surface area contributed by atoms with Crippen LogP contribution in [-0.2, 0) is 18.9 Å². The minimum Gasteiger partial charge on any atom is -0.497 e. The molecule has 0 saturated heterocycles. The van der Waals surface area contributed by atoms with E-state index >= 15 is 0 Å². The molecule has 0 bridgehead atoms. The number of carbonyl (C=O) groups is 1. The van der Waals surface area contributed by atoms with Crippen molar-refractivity contribution in [3.63, 3.8) is 0 Å². The van der Waals surface area contributed by atoms with E-state index in [0.717, 1.165) is 6.34 Å². The van der Waals surface area contributed by atoms with Gasteiger partial charge in [0.25, 0.3) is 0 Å². The Morgan fingerprint density at radius 3 is 2.35 bits per heavy atom. The first-order chi connectivity index (χ1) is 15.0. The monoisotopic (exact) mass is 434 g/mol. The van der Waals surface area contributed by atoms with Crippen molar-refractivity contribution in [3.05, 3.63) is 47.1 Å². The van der Waals surface area contributed by atoms with E-state index in [-0.39, 0.29) is 0 Å². The van der Waals surface area contributed by atoms with Crippen molar-refractivity contribution in [2.24, 2.45) is 15.7 Å². The first-order valence-corrected chi connectivity index (χ1v) is 9.77. The van der Waals surface area contributed by atoms with Crippen LogP contribution in [0, 0.1) is 0 Å². The summed E-state index contributed by atoms with van der Waals surface area (Å²) in [5.41, 5.74) is 6.88. The first-order valence-electron chi connectivity index (χ1n) is 9.77. The van der Waals surface area contributed by atoms with E-state index in [4.69, 9.17) is 24.7 Å². The lowest BCUT2D eigenvalue weighted by molar-refractivity contribution is 0.0601. The molecule has 0 aliphatic heterocycles. The summed E-state index contributed by atoms with van der Waals surface area (Å²) in [6.07, 6.45) is 4.95. The van der Waals surface area contributed by atoms with Crippen molar-refractivity contribution in [3.8, 4) is 0 Å². The number of nitrogens with one attached hydrogen (secondary N) is 1. The van der Waals surface area contributed by atoms with Crippen LogP contribution in [-0.4, -0.2) is 53.6 Å². The highest BCUT2D eigenvalue weighted by molar-refractivity contribution is 5.92. The third-order valence-corrected chi connectivity index (χ3v) is 3.83. The molecule has 0 atom stereocenters. The maximum atomic E-state index is 11.8. The van der Waals surface area contributed by atoms with Crippen LogP contribution in [0.25, 0.3) is 0 Å². The Morgan fingerprint density at radius 1 is 1.10 bits per heavy atom. The lowest BCUT2D eigenvalue weighted by atomic mass is 10.1.